The lowest BCUT2D eigenvalue weighted by Crippen LogP contribution is -2.41. The number of H-pyrrole nitrogens is 1. The van der Waals surface area contributed by atoms with Gasteiger partial charge in [0.25, 0.3) is 0 Å². The van der Waals surface area contributed by atoms with Gasteiger partial charge in [0, 0.05) is 29.2 Å². The summed E-state index contributed by atoms with van der Waals surface area (Å²) >= 11 is 0. The Morgan fingerprint density at radius 2 is 1.70 bits per heavy atom. The van der Waals surface area contributed by atoms with Crippen molar-refractivity contribution < 1.29 is 14.3 Å². The van der Waals surface area contributed by atoms with Gasteiger partial charge in [0.05, 0.1) is 6.04 Å². The molecule has 0 amide bonds. The topological polar surface area (TPSA) is 63.4 Å². The average molecular weight is 398 g/mol. The molecule has 1 aliphatic rings. The van der Waals surface area contributed by atoms with E-state index < -0.39 is 6.04 Å². The lowest BCUT2D eigenvalue weighted by atomic mass is 9.97. The van der Waals surface area contributed by atoms with Gasteiger partial charge in [-0.25, -0.2) is 0 Å². The van der Waals surface area contributed by atoms with Crippen LogP contribution in [0.4, 0.5) is 0 Å². The van der Waals surface area contributed by atoms with E-state index in [9.17, 15) is 4.79 Å². The highest BCUT2D eigenvalue weighted by molar-refractivity contribution is 6.10. The molecule has 2 atom stereocenters. The fraction of sp³-hybridized carbons (Fsp3) is 0.160. The van der Waals surface area contributed by atoms with Crippen LogP contribution in [0.3, 0.4) is 0 Å². The van der Waals surface area contributed by atoms with Crippen LogP contribution in [0.15, 0.2) is 85.1 Å². The van der Waals surface area contributed by atoms with Gasteiger partial charge in [-0.05, 0) is 23.8 Å². The molecule has 0 radical (unpaired) electrons. The van der Waals surface area contributed by atoms with Crippen molar-refractivity contribution in [2.75, 3.05) is 13.2 Å². The minimum absolute atomic E-state index is 0.0239. The number of hydrogen-bond acceptors (Lipinski definition) is 4. The third kappa shape index (κ3) is 3.55. The number of carbonyl (C=O) groups is 1. The average Bonchev–Trinajstić information content (AvgIpc) is 3.24. The number of nitrogens with one attached hydrogen (secondary N) is 2. The number of rotatable bonds is 6. The van der Waals surface area contributed by atoms with Crippen molar-refractivity contribution in [3.8, 4) is 11.5 Å². The number of para-hydroxylation sites is 3. The Morgan fingerprint density at radius 3 is 2.57 bits per heavy atom. The van der Waals surface area contributed by atoms with Gasteiger partial charge in [-0.1, -0.05) is 60.7 Å². The van der Waals surface area contributed by atoms with Crippen LogP contribution in [0.5, 0.6) is 11.5 Å². The Balaban J connectivity index is 1.39. The molecule has 0 saturated heterocycles. The minimum Gasteiger partial charge on any atom is -0.486 e. The Kier molecular flexibility index (Phi) is 4.95. The Labute approximate surface area is 174 Å². The molecule has 5 rings (SSSR count). The van der Waals surface area contributed by atoms with E-state index in [4.69, 9.17) is 9.47 Å². The number of fused-ring (bicyclic) bond motifs is 2. The van der Waals surface area contributed by atoms with Gasteiger partial charge in [-0.15, -0.1) is 0 Å². The van der Waals surface area contributed by atoms with Crippen molar-refractivity contribution in [1.29, 1.82) is 0 Å². The minimum atomic E-state index is -0.480. The molecule has 0 saturated carbocycles. The first kappa shape index (κ1) is 18.5. The maximum atomic E-state index is 13.5. The summed E-state index contributed by atoms with van der Waals surface area (Å²) in [5.41, 5.74) is 2.55. The molecule has 150 valence electrons. The Morgan fingerprint density at radius 1 is 0.967 bits per heavy atom. The van der Waals surface area contributed by atoms with E-state index in [0.717, 1.165) is 28.0 Å². The molecule has 0 unspecified atom stereocenters. The molecule has 5 heteroatoms. The summed E-state index contributed by atoms with van der Waals surface area (Å²) in [4.78, 5) is 16.7. The molecule has 0 aliphatic carbocycles. The maximum absolute atomic E-state index is 13.5. The summed E-state index contributed by atoms with van der Waals surface area (Å²) < 4.78 is 11.9. The second-order valence-corrected chi connectivity index (χ2v) is 7.36. The lowest BCUT2D eigenvalue weighted by Gasteiger charge is -2.28. The molecule has 0 spiro atoms. The highest BCUT2D eigenvalue weighted by Gasteiger charge is 2.27. The number of hydrogen-bond donors (Lipinski definition) is 2. The fourth-order valence-electron chi connectivity index (χ4n) is 3.85. The second-order valence-electron chi connectivity index (χ2n) is 7.36. The van der Waals surface area contributed by atoms with E-state index in [2.05, 4.69) is 10.3 Å². The van der Waals surface area contributed by atoms with Gasteiger partial charge >= 0.3 is 0 Å². The molecule has 0 bridgehead atoms. The highest BCUT2D eigenvalue weighted by atomic mass is 16.6. The van der Waals surface area contributed by atoms with Crippen molar-refractivity contribution >= 4 is 16.7 Å². The van der Waals surface area contributed by atoms with Gasteiger partial charge in [-0.3, -0.25) is 10.1 Å². The molecular formula is C25H22N2O3. The van der Waals surface area contributed by atoms with E-state index in [1.54, 1.807) is 6.20 Å². The zero-order valence-electron chi connectivity index (χ0n) is 16.4. The Bertz CT molecular complexity index is 1170. The van der Waals surface area contributed by atoms with Gasteiger partial charge < -0.3 is 14.5 Å². The molecule has 30 heavy (non-hydrogen) atoms. The first-order valence-corrected chi connectivity index (χ1v) is 10.1. The van der Waals surface area contributed by atoms with Crippen molar-refractivity contribution in [1.82, 2.24) is 10.3 Å². The van der Waals surface area contributed by atoms with Crippen LogP contribution < -0.4 is 14.8 Å². The summed E-state index contributed by atoms with van der Waals surface area (Å²) in [6.07, 6.45) is 1.61. The largest absolute Gasteiger partial charge is 0.486 e. The molecular weight excluding hydrogens is 376 g/mol. The summed E-state index contributed by atoms with van der Waals surface area (Å²) in [5, 5.41) is 4.35. The quantitative estimate of drug-likeness (QED) is 0.469. The van der Waals surface area contributed by atoms with Crippen LogP contribution in [-0.2, 0) is 0 Å². The van der Waals surface area contributed by atoms with Crippen LogP contribution in [0, 0.1) is 0 Å². The standard InChI is InChI=1S/C25H22N2O3/c28-25(20-15-26-21-11-5-4-10-19(20)21)24(17-8-2-1-3-9-17)27-14-18-16-29-22-12-6-7-13-23(22)30-18/h1-13,15,18,24,26-27H,14,16H2/t18-,24-/m0/s1. The first-order valence-electron chi connectivity index (χ1n) is 10.1. The number of ether oxygens (including phenoxy) is 2. The predicted molar refractivity (Wildman–Crippen MR) is 116 cm³/mol. The van der Waals surface area contributed by atoms with Crippen LogP contribution >= 0.6 is 0 Å². The number of aromatic nitrogens is 1. The Hall–Kier alpha value is -3.57. The number of ketones is 1. The zero-order chi connectivity index (χ0) is 20.3. The van der Waals surface area contributed by atoms with Crippen LogP contribution in [-0.4, -0.2) is 30.0 Å². The molecule has 1 aromatic heterocycles. The lowest BCUT2D eigenvalue weighted by molar-refractivity contribution is 0.0818. The predicted octanol–water partition coefficient (Wildman–Crippen LogP) is 4.52. The summed E-state index contributed by atoms with van der Waals surface area (Å²) in [7, 11) is 0. The monoisotopic (exact) mass is 398 g/mol. The first-order chi connectivity index (χ1) is 14.8. The SMILES string of the molecule is O=C(c1c[nH]c2ccccc12)[C@@H](NC[C@H]1COc2ccccc2O1)c1ccccc1. The second kappa shape index (κ2) is 8.05. The molecule has 5 nitrogen and oxygen atoms in total. The number of Topliss-reactive ketones (excluding diaryl/α,β-unsaturated/α-hetero) is 1. The fourth-order valence-corrected chi connectivity index (χ4v) is 3.85. The van der Waals surface area contributed by atoms with Crippen molar-refractivity contribution in [2.45, 2.75) is 12.1 Å². The molecule has 4 aromatic rings. The maximum Gasteiger partial charge on any atom is 0.186 e. The molecule has 1 aliphatic heterocycles. The van der Waals surface area contributed by atoms with E-state index in [1.165, 1.54) is 0 Å². The van der Waals surface area contributed by atoms with Crippen LogP contribution in [0.1, 0.15) is 22.0 Å². The van der Waals surface area contributed by atoms with E-state index >= 15 is 0 Å². The third-order valence-corrected chi connectivity index (χ3v) is 5.37. The number of aromatic amines is 1. The van der Waals surface area contributed by atoms with Gasteiger partial charge in [0.1, 0.15) is 12.7 Å². The van der Waals surface area contributed by atoms with Crippen molar-refractivity contribution in [3.63, 3.8) is 0 Å². The molecule has 2 heterocycles. The molecule has 3 aromatic carbocycles. The van der Waals surface area contributed by atoms with Gasteiger partial charge in [0.15, 0.2) is 17.3 Å². The van der Waals surface area contributed by atoms with Crippen LogP contribution in [0.2, 0.25) is 0 Å². The van der Waals surface area contributed by atoms with E-state index in [0.29, 0.717) is 18.7 Å². The van der Waals surface area contributed by atoms with Crippen molar-refractivity contribution in [3.05, 3.63) is 96.2 Å². The van der Waals surface area contributed by atoms with Crippen LogP contribution in [0.25, 0.3) is 10.9 Å². The summed E-state index contributed by atoms with van der Waals surface area (Å²) in [5.74, 6) is 1.51. The van der Waals surface area contributed by atoms with Gasteiger partial charge in [0.2, 0.25) is 0 Å². The zero-order valence-corrected chi connectivity index (χ0v) is 16.4. The molecule has 0 fully saturated rings. The number of carbonyl (C=O) groups excluding carboxylic acids is 1. The summed E-state index contributed by atoms with van der Waals surface area (Å²) in [6.45, 7) is 0.925. The normalized spacial score (nSPS) is 16.3. The van der Waals surface area contributed by atoms with E-state index in [1.807, 2.05) is 78.9 Å². The van der Waals surface area contributed by atoms with Crippen molar-refractivity contribution in [2.24, 2.45) is 0 Å². The summed E-state index contributed by atoms with van der Waals surface area (Å²) in [6, 6.07) is 24.8. The van der Waals surface area contributed by atoms with E-state index in [-0.39, 0.29) is 11.9 Å². The molecule has 2 N–H and O–H groups in total. The smallest absolute Gasteiger partial charge is 0.186 e. The highest BCUT2D eigenvalue weighted by Crippen LogP contribution is 2.31. The van der Waals surface area contributed by atoms with Gasteiger partial charge in [-0.2, -0.15) is 0 Å². The number of benzene rings is 3. The third-order valence-electron chi connectivity index (χ3n) is 5.37.